The molecule has 0 unspecified atom stereocenters. The molecule has 21 heavy (non-hydrogen) atoms. The minimum atomic E-state index is -0.0785. The highest BCUT2D eigenvalue weighted by molar-refractivity contribution is 5.89. The summed E-state index contributed by atoms with van der Waals surface area (Å²) in [6, 6.07) is 0.820. The van der Waals surface area contributed by atoms with Gasteiger partial charge in [-0.3, -0.25) is 9.59 Å². The number of piperidine rings is 1. The smallest absolute Gasteiger partial charge is 0.228 e. The Hall–Kier alpha value is -1.06. The first-order valence-electron chi connectivity index (χ1n) is 8.80. The number of carbonyl (C=O) groups is 2. The number of hydrogen-bond donors (Lipinski definition) is 0. The molecule has 0 aromatic heterocycles. The molecule has 0 radical (unpaired) electrons. The molecule has 3 fully saturated rings. The molecule has 1 saturated carbocycles. The molecule has 2 saturated heterocycles. The molecule has 3 rings (SSSR count). The molecule has 0 N–H and O–H groups in total. The van der Waals surface area contributed by atoms with Crippen molar-refractivity contribution in [2.75, 3.05) is 13.1 Å². The Morgan fingerprint density at radius 3 is 2.57 bits per heavy atom. The van der Waals surface area contributed by atoms with Gasteiger partial charge in [0, 0.05) is 31.6 Å². The molecule has 118 valence electrons. The zero-order valence-corrected chi connectivity index (χ0v) is 13.2. The minimum Gasteiger partial charge on any atom is -0.339 e. The summed E-state index contributed by atoms with van der Waals surface area (Å²) < 4.78 is 0. The van der Waals surface area contributed by atoms with E-state index in [-0.39, 0.29) is 17.7 Å². The molecule has 0 bridgehead atoms. The van der Waals surface area contributed by atoms with E-state index in [0.717, 1.165) is 38.6 Å². The number of hydrogen-bond acceptors (Lipinski definition) is 2. The lowest BCUT2D eigenvalue weighted by atomic mass is 9.97. The number of amides is 2. The SMILES string of the molecule is CC[C@@H]1CCCCN1C(=O)[C@H]1CC(=O)N(C2CCCC2)C1. The Balaban J connectivity index is 1.64. The number of likely N-dealkylation sites (tertiary alicyclic amines) is 2. The average Bonchev–Trinajstić information content (AvgIpc) is 3.15. The highest BCUT2D eigenvalue weighted by Crippen LogP contribution is 2.31. The van der Waals surface area contributed by atoms with Crippen LogP contribution < -0.4 is 0 Å². The van der Waals surface area contributed by atoms with Gasteiger partial charge in [-0.25, -0.2) is 0 Å². The van der Waals surface area contributed by atoms with Crippen molar-refractivity contribution in [1.29, 1.82) is 0 Å². The third-order valence-electron chi connectivity index (χ3n) is 5.65. The summed E-state index contributed by atoms with van der Waals surface area (Å²) in [5.74, 6) is 0.381. The van der Waals surface area contributed by atoms with Gasteiger partial charge in [-0.15, -0.1) is 0 Å². The van der Waals surface area contributed by atoms with E-state index in [2.05, 4.69) is 11.8 Å². The monoisotopic (exact) mass is 292 g/mol. The highest BCUT2D eigenvalue weighted by Gasteiger charge is 2.41. The second-order valence-corrected chi connectivity index (χ2v) is 6.97. The van der Waals surface area contributed by atoms with Crippen molar-refractivity contribution in [3.63, 3.8) is 0 Å². The number of rotatable bonds is 3. The van der Waals surface area contributed by atoms with Gasteiger partial charge in [-0.1, -0.05) is 19.8 Å². The van der Waals surface area contributed by atoms with E-state index in [1.807, 2.05) is 4.90 Å². The first-order valence-corrected chi connectivity index (χ1v) is 8.80. The van der Waals surface area contributed by atoms with Gasteiger partial charge in [0.25, 0.3) is 0 Å². The number of carbonyl (C=O) groups excluding carboxylic acids is 2. The molecule has 1 aliphatic carbocycles. The van der Waals surface area contributed by atoms with Crippen molar-refractivity contribution in [1.82, 2.24) is 9.80 Å². The van der Waals surface area contributed by atoms with Gasteiger partial charge in [0.1, 0.15) is 0 Å². The van der Waals surface area contributed by atoms with Crippen LogP contribution in [0.2, 0.25) is 0 Å². The third kappa shape index (κ3) is 2.95. The molecule has 0 aromatic carbocycles. The lowest BCUT2D eigenvalue weighted by molar-refractivity contribution is -0.139. The van der Waals surface area contributed by atoms with Crippen molar-refractivity contribution in [2.24, 2.45) is 5.92 Å². The second kappa shape index (κ2) is 6.37. The molecule has 2 heterocycles. The summed E-state index contributed by atoms with van der Waals surface area (Å²) in [6.07, 6.45) is 9.71. The van der Waals surface area contributed by atoms with E-state index < -0.39 is 0 Å². The Morgan fingerprint density at radius 2 is 1.86 bits per heavy atom. The first-order chi connectivity index (χ1) is 10.2. The van der Waals surface area contributed by atoms with Crippen LogP contribution >= 0.6 is 0 Å². The molecular weight excluding hydrogens is 264 g/mol. The van der Waals surface area contributed by atoms with Gasteiger partial charge in [0.15, 0.2) is 0 Å². The van der Waals surface area contributed by atoms with Gasteiger partial charge in [0.05, 0.1) is 5.92 Å². The predicted molar refractivity (Wildman–Crippen MR) is 81.7 cm³/mol. The summed E-state index contributed by atoms with van der Waals surface area (Å²) in [6.45, 7) is 3.74. The minimum absolute atomic E-state index is 0.0785. The van der Waals surface area contributed by atoms with Crippen LogP contribution in [0.5, 0.6) is 0 Å². The average molecular weight is 292 g/mol. The highest BCUT2D eigenvalue weighted by atomic mass is 16.2. The lowest BCUT2D eigenvalue weighted by Crippen LogP contribution is -2.47. The van der Waals surface area contributed by atoms with E-state index in [4.69, 9.17) is 0 Å². The summed E-state index contributed by atoms with van der Waals surface area (Å²) in [7, 11) is 0. The molecule has 4 heteroatoms. The van der Waals surface area contributed by atoms with Crippen LogP contribution in [0.4, 0.5) is 0 Å². The summed E-state index contributed by atoms with van der Waals surface area (Å²) in [5, 5.41) is 0. The zero-order chi connectivity index (χ0) is 14.8. The maximum atomic E-state index is 12.8. The van der Waals surface area contributed by atoms with Crippen LogP contribution in [0.1, 0.15) is 64.7 Å². The second-order valence-electron chi connectivity index (χ2n) is 6.97. The molecule has 2 aliphatic heterocycles. The Kier molecular flexibility index (Phi) is 4.51. The van der Waals surface area contributed by atoms with Gasteiger partial charge in [0.2, 0.25) is 11.8 Å². The van der Waals surface area contributed by atoms with E-state index in [1.165, 1.54) is 19.3 Å². The molecule has 4 nitrogen and oxygen atoms in total. The van der Waals surface area contributed by atoms with Crippen molar-refractivity contribution < 1.29 is 9.59 Å². The summed E-state index contributed by atoms with van der Waals surface area (Å²) >= 11 is 0. The topological polar surface area (TPSA) is 40.6 Å². The molecule has 2 amide bonds. The van der Waals surface area contributed by atoms with E-state index in [9.17, 15) is 9.59 Å². The fourth-order valence-electron chi connectivity index (χ4n) is 4.42. The van der Waals surface area contributed by atoms with E-state index in [1.54, 1.807) is 0 Å². The lowest BCUT2D eigenvalue weighted by Gasteiger charge is -2.37. The third-order valence-corrected chi connectivity index (χ3v) is 5.65. The fourth-order valence-corrected chi connectivity index (χ4v) is 4.42. The maximum Gasteiger partial charge on any atom is 0.228 e. The van der Waals surface area contributed by atoms with Crippen LogP contribution in [0, 0.1) is 5.92 Å². The van der Waals surface area contributed by atoms with Crippen molar-refractivity contribution in [3.8, 4) is 0 Å². The normalized spacial score (nSPS) is 31.2. The van der Waals surface area contributed by atoms with Gasteiger partial charge in [-0.2, -0.15) is 0 Å². The van der Waals surface area contributed by atoms with E-state index >= 15 is 0 Å². The van der Waals surface area contributed by atoms with Crippen LogP contribution in [-0.2, 0) is 9.59 Å². The molecule has 0 spiro atoms. The van der Waals surface area contributed by atoms with Crippen molar-refractivity contribution in [2.45, 2.75) is 76.8 Å². The van der Waals surface area contributed by atoms with Gasteiger partial charge < -0.3 is 9.80 Å². The molecule has 0 aromatic rings. The molecule has 3 aliphatic rings. The van der Waals surface area contributed by atoms with Crippen LogP contribution in [-0.4, -0.2) is 46.8 Å². The zero-order valence-electron chi connectivity index (χ0n) is 13.2. The number of nitrogens with zero attached hydrogens (tertiary/aromatic N) is 2. The predicted octanol–water partition coefficient (Wildman–Crippen LogP) is 2.57. The standard InChI is InChI=1S/C17H28N2O2/c1-2-14-7-5-6-10-18(14)17(21)13-11-16(20)19(12-13)15-8-3-4-9-15/h13-15H,2-12H2,1H3/t13-,14+/m0/s1. The largest absolute Gasteiger partial charge is 0.339 e. The van der Waals surface area contributed by atoms with Crippen molar-refractivity contribution in [3.05, 3.63) is 0 Å². The Morgan fingerprint density at radius 1 is 1.14 bits per heavy atom. The summed E-state index contributed by atoms with van der Waals surface area (Å²) in [4.78, 5) is 29.2. The van der Waals surface area contributed by atoms with Gasteiger partial charge in [-0.05, 0) is 38.5 Å². The van der Waals surface area contributed by atoms with Crippen LogP contribution in [0.15, 0.2) is 0 Å². The Bertz CT molecular complexity index is 404. The Labute approximate surface area is 127 Å². The molecular formula is C17H28N2O2. The quantitative estimate of drug-likeness (QED) is 0.802. The van der Waals surface area contributed by atoms with Gasteiger partial charge >= 0.3 is 0 Å². The van der Waals surface area contributed by atoms with Crippen LogP contribution in [0.3, 0.4) is 0 Å². The maximum absolute atomic E-state index is 12.8. The van der Waals surface area contributed by atoms with E-state index in [0.29, 0.717) is 25.0 Å². The van der Waals surface area contributed by atoms with Crippen LogP contribution in [0.25, 0.3) is 0 Å². The fraction of sp³-hybridized carbons (Fsp3) is 0.882. The molecule has 2 atom stereocenters. The first kappa shape index (κ1) is 14.9. The summed E-state index contributed by atoms with van der Waals surface area (Å²) in [5.41, 5.74) is 0. The van der Waals surface area contributed by atoms with Crippen molar-refractivity contribution >= 4 is 11.8 Å².